The van der Waals surface area contributed by atoms with Crippen molar-refractivity contribution in [2.75, 3.05) is 10.6 Å². The molecule has 4 aromatic rings. The highest BCUT2D eigenvalue weighted by molar-refractivity contribution is 6.29. The number of anilines is 4. The Balaban J connectivity index is 1.81. The Labute approximate surface area is 199 Å². The summed E-state index contributed by atoms with van der Waals surface area (Å²) in [5, 5.41) is 4.10. The molecule has 0 heterocycles. The molecule has 0 saturated heterocycles. The number of nitrogens with one attached hydrogen (secondary N) is 2. The van der Waals surface area contributed by atoms with Gasteiger partial charge >= 0.3 is 0 Å². The van der Waals surface area contributed by atoms with Gasteiger partial charge in [-0.3, -0.25) is 9.59 Å². The number of ketones is 2. The van der Waals surface area contributed by atoms with Gasteiger partial charge in [0, 0.05) is 11.1 Å². The van der Waals surface area contributed by atoms with Crippen LogP contribution in [0.5, 0.6) is 0 Å². The van der Waals surface area contributed by atoms with Crippen LogP contribution in [0.3, 0.4) is 0 Å². The molecular weight excluding hydrogens is 486 g/mol. The van der Waals surface area contributed by atoms with E-state index in [1.807, 2.05) is 0 Å². The van der Waals surface area contributed by atoms with Crippen LogP contribution in [0.25, 0.3) is 0 Å². The van der Waals surface area contributed by atoms with Crippen LogP contribution < -0.4 is 10.6 Å². The number of fused-ring (bicyclic) bond motifs is 2. The number of rotatable bonds is 4. The Kier molecular flexibility index (Phi) is 5.51. The molecule has 0 aromatic heterocycles. The lowest BCUT2D eigenvalue weighted by Crippen LogP contribution is -2.25. The molecule has 5 rings (SSSR count). The van der Waals surface area contributed by atoms with Crippen molar-refractivity contribution in [3.05, 3.63) is 118 Å². The van der Waals surface area contributed by atoms with Crippen LogP contribution in [-0.4, -0.2) is 11.6 Å². The molecule has 0 amide bonds. The SMILES string of the molecule is O=C1c2ccccc2C(=O)c2c(F)c(Nc3c(F)cccc3F)c(Nc3c(F)cccc3F)c(F)c21. The van der Waals surface area contributed by atoms with Gasteiger partial charge < -0.3 is 10.6 Å². The fourth-order valence-corrected chi connectivity index (χ4v) is 3.98. The van der Waals surface area contributed by atoms with Crippen molar-refractivity contribution in [2.45, 2.75) is 0 Å². The largest absolute Gasteiger partial charge is 0.347 e. The summed E-state index contributed by atoms with van der Waals surface area (Å²) in [5.41, 5.74) is -6.35. The van der Waals surface area contributed by atoms with Gasteiger partial charge in [0.25, 0.3) is 0 Å². The molecule has 180 valence electrons. The van der Waals surface area contributed by atoms with Gasteiger partial charge in [-0.05, 0) is 24.3 Å². The number of para-hydroxylation sites is 2. The zero-order chi connectivity index (χ0) is 25.7. The van der Waals surface area contributed by atoms with Crippen molar-refractivity contribution in [1.29, 1.82) is 0 Å². The summed E-state index contributed by atoms with van der Waals surface area (Å²) in [6.45, 7) is 0. The topological polar surface area (TPSA) is 58.2 Å². The maximum absolute atomic E-state index is 15.9. The maximum atomic E-state index is 15.9. The molecule has 0 saturated carbocycles. The van der Waals surface area contributed by atoms with E-state index in [1.165, 1.54) is 24.3 Å². The second-order valence-corrected chi connectivity index (χ2v) is 7.78. The summed E-state index contributed by atoms with van der Waals surface area (Å²) in [6.07, 6.45) is 0. The first-order chi connectivity index (χ1) is 17.2. The van der Waals surface area contributed by atoms with Crippen LogP contribution in [0.2, 0.25) is 0 Å². The third-order valence-electron chi connectivity index (χ3n) is 5.67. The third-order valence-corrected chi connectivity index (χ3v) is 5.67. The number of carbonyl (C=O) groups excluding carboxylic acids is 2. The van der Waals surface area contributed by atoms with Crippen molar-refractivity contribution >= 4 is 34.3 Å². The van der Waals surface area contributed by atoms with E-state index in [2.05, 4.69) is 10.6 Å². The first-order valence-corrected chi connectivity index (χ1v) is 10.4. The van der Waals surface area contributed by atoms with Gasteiger partial charge in [-0.15, -0.1) is 0 Å². The minimum Gasteiger partial charge on any atom is -0.347 e. The van der Waals surface area contributed by atoms with Crippen LogP contribution in [0.15, 0.2) is 60.7 Å². The molecule has 4 aromatic carbocycles. The van der Waals surface area contributed by atoms with Gasteiger partial charge in [0.15, 0.2) is 23.2 Å². The Morgan fingerprint density at radius 2 is 0.778 bits per heavy atom. The Bertz CT molecular complexity index is 1440. The molecule has 0 bridgehead atoms. The quantitative estimate of drug-likeness (QED) is 0.268. The first-order valence-electron chi connectivity index (χ1n) is 10.4. The summed E-state index contributed by atoms with van der Waals surface area (Å²) >= 11 is 0. The molecule has 1 aliphatic carbocycles. The molecule has 0 radical (unpaired) electrons. The zero-order valence-electron chi connectivity index (χ0n) is 17.9. The molecule has 4 nitrogen and oxygen atoms in total. The monoisotopic (exact) mass is 498 g/mol. The summed E-state index contributed by atoms with van der Waals surface area (Å²) in [7, 11) is 0. The van der Waals surface area contributed by atoms with E-state index in [1.54, 1.807) is 0 Å². The summed E-state index contributed by atoms with van der Waals surface area (Å²) < 4.78 is 89.2. The maximum Gasteiger partial charge on any atom is 0.197 e. The van der Waals surface area contributed by atoms with Crippen molar-refractivity contribution in [3.63, 3.8) is 0 Å². The first kappa shape index (κ1) is 23.2. The lowest BCUT2D eigenvalue weighted by atomic mass is 9.82. The van der Waals surface area contributed by atoms with Gasteiger partial charge in [0.1, 0.15) is 46.0 Å². The van der Waals surface area contributed by atoms with E-state index in [0.29, 0.717) is 0 Å². The van der Waals surface area contributed by atoms with E-state index in [4.69, 9.17) is 0 Å². The summed E-state index contributed by atoms with van der Waals surface area (Å²) in [6, 6.07) is 10.6. The fourth-order valence-electron chi connectivity index (χ4n) is 3.98. The average molecular weight is 498 g/mol. The Morgan fingerprint density at radius 1 is 0.444 bits per heavy atom. The predicted octanol–water partition coefficient (Wildman–Crippen LogP) is 6.78. The molecule has 1 aliphatic rings. The molecule has 36 heavy (non-hydrogen) atoms. The number of hydrogen-bond acceptors (Lipinski definition) is 4. The van der Waals surface area contributed by atoms with Gasteiger partial charge in [0.05, 0.1) is 11.1 Å². The predicted molar refractivity (Wildman–Crippen MR) is 119 cm³/mol. The van der Waals surface area contributed by atoms with E-state index < -0.39 is 80.3 Å². The highest BCUT2D eigenvalue weighted by atomic mass is 19.2. The van der Waals surface area contributed by atoms with Crippen molar-refractivity contribution < 1.29 is 35.9 Å². The van der Waals surface area contributed by atoms with Gasteiger partial charge in [-0.2, -0.15) is 0 Å². The van der Waals surface area contributed by atoms with E-state index in [0.717, 1.165) is 36.4 Å². The van der Waals surface area contributed by atoms with Crippen LogP contribution in [-0.2, 0) is 0 Å². The third kappa shape index (κ3) is 3.49. The zero-order valence-corrected chi connectivity index (χ0v) is 17.9. The number of carbonyl (C=O) groups is 2. The molecular formula is C26H12F6N2O2. The van der Waals surface area contributed by atoms with Crippen LogP contribution in [0, 0.1) is 34.9 Å². The van der Waals surface area contributed by atoms with Crippen LogP contribution >= 0.6 is 0 Å². The van der Waals surface area contributed by atoms with Crippen LogP contribution in [0.4, 0.5) is 49.1 Å². The minimum absolute atomic E-state index is 0.211. The number of benzene rings is 4. The van der Waals surface area contributed by atoms with Gasteiger partial charge in [-0.1, -0.05) is 36.4 Å². The molecule has 0 fully saturated rings. The Hall–Kier alpha value is -4.60. The van der Waals surface area contributed by atoms with Crippen molar-refractivity contribution in [3.8, 4) is 0 Å². The second-order valence-electron chi connectivity index (χ2n) is 7.78. The highest BCUT2D eigenvalue weighted by Crippen LogP contribution is 2.43. The van der Waals surface area contributed by atoms with Crippen LogP contribution in [0.1, 0.15) is 31.8 Å². The molecule has 10 heteroatoms. The molecule has 0 aliphatic heterocycles. The molecule has 0 spiro atoms. The normalized spacial score (nSPS) is 12.3. The standard InChI is InChI=1S/C26H12F6N2O2/c27-13-7-3-8-14(28)21(13)33-23-19(31)17-18(26(36)12-6-2-1-5-11(12)25(17)35)20(32)24(23)34-22-15(29)9-4-10-16(22)30/h1-10,33-34H. The fraction of sp³-hybridized carbons (Fsp3) is 0. The summed E-state index contributed by atoms with van der Waals surface area (Å²) in [4.78, 5) is 26.1. The lowest BCUT2D eigenvalue weighted by Gasteiger charge is -2.24. The smallest absolute Gasteiger partial charge is 0.197 e. The van der Waals surface area contributed by atoms with Gasteiger partial charge in [-0.25, -0.2) is 26.3 Å². The second kappa shape index (κ2) is 8.56. The molecule has 2 N–H and O–H groups in total. The van der Waals surface area contributed by atoms with Crippen molar-refractivity contribution in [2.24, 2.45) is 0 Å². The average Bonchev–Trinajstić information content (AvgIpc) is 2.85. The van der Waals surface area contributed by atoms with Gasteiger partial charge in [0.2, 0.25) is 0 Å². The lowest BCUT2D eigenvalue weighted by molar-refractivity contribution is 0.0972. The highest BCUT2D eigenvalue weighted by Gasteiger charge is 2.39. The van der Waals surface area contributed by atoms with E-state index in [-0.39, 0.29) is 11.1 Å². The number of hydrogen-bond donors (Lipinski definition) is 2. The molecule has 0 atom stereocenters. The minimum atomic E-state index is -1.55. The summed E-state index contributed by atoms with van der Waals surface area (Å²) in [5.74, 6) is -10.0. The van der Waals surface area contributed by atoms with E-state index >= 15 is 8.78 Å². The van der Waals surface area contributed by atoms with Crippen molar-refractivity contribution in [1.82, 2.24) is 0 Å². The van der Waals surface area contributed by atoms with E-state index in [9.17, 15) is 27.2 Å². The molecule has 0 unspecified atom stereocenters. The number of halogens is 6. The Morgan fingerprint density at radius 3 is 1.11 bits per heavy atom.